The number of methoxy groups -OCH3 is 3. The van der Waals surface area contributed by atoms with Crippen molar-refractivity contribution in [1.82, 2.24) is 0 Å². The second-order valence-corrected chi connectivity index (χ2v) is 11.8. The zero-order valence-electron chi connectivity index (χ0n) is 26.0. The van der Waals surface area contributed by atoms with E-state index in [2.05, 4.69) is 0 Å². The summed E-state index contributed by atoms with van der Waals surface area (Å²) in [6.07, 6.45) is -12.5. The van der Waals surface area contributed by atoms with Crippen molar-refractivity contribution in [3.63, 3.8) is 0 Å². The second-order valence-electron chi connectivity index (χ2n) is 11.8. The van der Waals surface area contributed by atoms with Gasteiger partial charge in [0.25, 0.3) is 5.97 Å². The van der Waals surface area contributed by atoms with Crippen LogP contribution in [0.15, 0.2) is 24.3 Å². The minimum Gasteiger partial charge on any atom is -0.502 e. The topological polar surface area (TPSA) is 262 Å². The van der Waals surface area contributed by atoms with Crippen LogP contribution in [0.3, 0.4) is 0 Å². The van der Waals surface area contributed by atoms with E-state index >= 15 is 0 Å². The number of hydrogen-bond acceptors (Lipinski definition) is 18. The number of carbonyl (C=O) groups is 1. The standard InChI is InChI=1S/C30H36O18/c1-11-43-10-20-26(44-11)23(33)24(34)27(45-20)46-25-13-7-16-17(48-30(38,39)47-16)8-14(13)28(35,15(9-31)21(25)29(36,37)42-4)12-5-18(40-2)22(32)19(6-12)41-3/h5-9,11,15,20-21,23-27,32-39H,10H2,1-4H3. The summed E-state index contributed by atoms with van der Waals surface area (Å²) in [5.41, 5.74) is -3.19. The highest BCUT2D eigenvalue weighted by atomic mass is 17.0. The number of aliphatic hydroxyl groups is 7. The Morgan fingerprint density at radius 2 is 1.56 bits per heavy atom. The van der Waals surface area contributed by atoms with E-state index in [1.54, 1.807) is 6.92 Å². The highest BCUT2D eigenvalue weighted by Gasteiger charge is 2.62. The lowest BCUT2D eigenvalue weighted by molar-refractivity contribution is -0.402. The number of fused-ring (bicyclic) bond motifs is 3. The van der Waals surface area contributed by atoms with Gasteiger partial charge in [0.05, 0.1) is 38.8 Å². The zero-order chi connectivity index (χ0) is 34.9. The maximum atomic E-state index is 13.1. The van der Waals surface area contributed by atoms with E-state index in [0.717, 1.165) is 19.2 Å². The Labute approximate surface area is 272 Å². The molecule has 0 spiro atoms. The van der Waals surface area contributed by atoms with Gasteiger partial charge >= 0.3 is 6.16 Å². The van der Waals surface area contributed by atoms with Crippen LogP contribution in [0, 0.1) is 11.8 Å². The molecule has 48 heavy (non-hydrogen) atoms. The molecular formula is C30H36O18. The maximum Gasteiger partial charge on any atom is 0.505 e. The van der Waals surface area contributed by atoms with Gasteiger partial charge in [-0.05, 0) is 47.9 Å². The zero-order valence-corrected chi connectivity index (χ0v) is 26.0. The average Bonchev–Trinajstić information content (AvgIpc) is 3.36. The van der Waals surface area contributed by atoms with Crippen LogP contribution in [0.1, 0.15) is 29.7 Å². The molecule has 2 aromatic carbocycles. The van der Waals surface area contributed by atoms with Gasteiger partial charge in [0.1, 0.15) is 36.3 Å². The number of aldehydes is 1. The third-order valence-corrected chi connectivity index (χ3v) is 9.08. The van der Waals surface area contributed by atoms with Crippen molar-refractivity contribution in [1.29, 1.82) is 0 Å². The van der Waals surface area contributed by atoms with Crippen LogP contribution in [-0.2, 0) is 34.1 Å². The van der Waals surface area contributed by atoms with Crippen molar-refractivity contribution in [3.8, 4) is 28.7 Å². The SMILES string of the molecule is COc1cc(C2(O)c3cc4c(cc3C(OC3OC5COC(C)OC5C(O)C3O)C(C(O)(O)OC)C2C=O)OC(O)(O)O4)cc(OC)c1O. The number of aromatic hydroxyl groups is 1. The summed E-state index contributed by atoms with van der Waals surface area (Å²) in [5.74, 6) is -8.67. The Morgan fingerprint density at radius 1 is 0.938 bits per heavy atom. The number of hydrogen-bond donors (Lipinski definition) is 8. The molecule has 0 saturated carbocycles. The van der Waals surface area contributed by atoms with E-state index in [-0.39, 0.29) is 52.6 Å². The lowest BCUT2D eigenvalue weighted by atomic mass is 9.61. The van der Waals surface area contributed by atoms with Crippen molar-refractivity contribution in [2.24, 2.45) is 11.8 Å². The lowest BCUT2D eigenvalue weighted by Crippen LogP contribution is -2.64. The third-order valence-electron chi connectivity index (χ3n) is 9.08. The maximum absolute atomic E-state index is 13.1. The first-order valence-corrected chi connectivity index (χ1v) is 14.7. The minimum absolute atomic E-state index is 0.0723. The van der Waals surface area contributed by atoms with E-state index < -0.39 is 78.4 Å². The highest BCUT2D eigenvalue weighted by Crippen LogP contribution is 2.59. The molecule has 2 saturated heterocycles. The van der Waals surface area contributed by atoms with Gasteiger partial charge in [0, 0.05) is 7.11 Å². The summed E-state index contributed by atoms with van der Waals surface area (Å²) in [5, 5.41) is 88.1. The van der Waals surface area contributed by atoms with Gasteiger partial charge in [0.15, 0.2) is 35.6 Å². The number of phenolic OH excluding ortho intramolecular Hbond substituents is 1. The molecule has 2 fully saturated rings. The molecule has 6 rings (SSSR count). The van der Waals surface area contributed by atoms with Crippen molar-refractivity contribution < 1.29 is 88.3 Å². The van der Waals surface area contributed by atoms with Gasteiger partial charge in [-0.2, -0.15) is 0 Å². The first kappa shape index (κ1) is 34.5. The fraction of sp³-hybridized carbons (Fsp3) is 0.567. The van der Waals surface area contributed by atoms with Crippen molar-refractivity contribution >= 4 is 6.29 Å². The summed E-state index contributed by atoms with van der Waals surface area (Å²) < 4.78 is 48.8. The van der Waals surface area contributed by atoms with Gasteiger partial charge in [-0.15, -0.1) is 0 Å². The number of ether oxygens (including phenoxy) is 9. The molecule has 1 aliphatic carbocycles. The van der Waals surface area contributed by atoms with E-state index in [4.69, 9.17) is 42.6 Å². The Kier molecular flexibility index (Phi) is 8.76. The summed E-state index contributed by atoms with van der Waals surface area (Å²) in [6, 6.07) is 4.55. The molecule has 0 radical (unpaired) electrons. The quantitative estimate of drug-likeness (QED) is 0.110. The number of carbonyl (C=O) groups excluding carboxylic acids is 1. The molecule has 8 N–H and O–H groups in total. The van der Waals surface area contributed by atoms with Gasteiger partial charge < -0.3 is 78.1 Å². The summed E-state index contributed by atoms with van der Waals surface area (Å²) in [7, 11) is 3.34. The molecule has 10 atom stereocenters. The molecule has 4 aliphatic rings. The van der Waals surface area contributed by atoms with Crippen LogP contribution in [0.2, 0.25) is 0 Å². The van der Waals surface area contributed by atoms with Crippen molar-refractivity contribution in [2.45, 2.75) is 67.8 Å². The average molecular weight is 685 g/mol. The fourth-order valence-corrected chi connectivity index (χ4v) is 6.75. The van der Waals surface area contributed by atoms with Crippen LogP contribution in [0.5, 0.6) is 28.7 Å². The molecule has 264 valence electrons. The molecule has 0 aromatic heterocycles. The predicted molar refractivity (Wildman–Crippen MR) is 151 cm³/mol. The Balaban J connectivity index is 1.57. The lowest BCUT2D eigenvalue weighted by Gasteiger charge is -2.52. The molecule has 0 amide bonds. The second kappa shape index (κ2) is 12.2. The highest BCUT2D eigenvalue weighted by molar-refractivity contribution is 5.67. The summed E-state index contributed by atoms with van der Waals surface area (Å²) in [4.78, 5) is 13.1. The van der Waals surface area contributed by atoms with Crippen LogP contribution < -0.4 is 18.9 Å². The van der Waals surface area contributed by atoms with Crippen LogP contribution in [-0.4, -0.2) is 124 Å². The normalized spacial score (nSPS) is 35.4. The van der Waals surface area contributed by atoms with E-state index in [1.807, 2.05) is 0 Å². The van der Waals surface area contributed by atoms with Gasteiger partial charge in [-0.3, -0.25) is 10.2 Å². The summed E-state index contributed by atoms with van der Waals surface area (Å²) in [6.45, 7) is 1.52. The number of phenols is 1. The summed E-state index contributed by atoms with van der Waals surface area (Å²) >= 11 is 0. The van der Waals surface area contributed by atoms with Crippen molar-refractivity contribution in [2.75, 3.05) is 27.9 Å². The first-order valence-electron chi connectivity index (χ1n) is 14.7. The van der Waals surface area contributed by atoms with Gasteiger partial charge in [-0.1, -0.05) is 0 Å². The van der Waals surface area contributed by atoms with Crippen LogP contribution in [0.4, 0.5) is 0 Å². The van der Waals surface area contributed by atoms with E-state index in [1.165, 1.54) is 26.4 Å². The molecule has 18 heteroatoms. The monoisotopic (exact) mass is 684 g/mol. The fourth-order valence-electron chi connectivity index (χ4n) is 6.75. The molecule has 3 aliphatic heterocycles. The van der Waals surface area contributed by atoms with E-state index in [9.17, 15) is 45.6 Å². The van der Waals surface area contributed by atoms with E-state index in [0.29, 0.717) is 0 Å². The minimum atomic E-state index is -3.27. The number of benzene rings is 2. The molecule has 18 nitrogen and oxygen atoms in total. The van der Waals surface area contributed by atoms with Crippen LogP contribution in [0.25, 0.3) is 0 Å². The Morgan fingerprint density at radius 3 is 2.15 bits per heavy atom. The van der Waals surface area contributed by atoms with Gasteiger partial charge in [-0.25, -0.2) is 0 Å². The van der Waals surface area contributed by atoms with Gasteiger partial charge in [0.2, 0.25) is 5.75 Å². The molecule has 10 unspecified atom stereocenters. The molecule has 2 aromatic rings. The third kappa shape index (κ3) is 5.43. The largest absolute Gasteiger partial charge is 0.505 e. The smallest absolute Gasteiger partial charge is 0.502 e. The number of aliphatic hydroxyl groups excluding tert-OH is 2. The first-order chi connectivity index (χ1) is 22.6. The molecule has 0 bridgehead atoms. The predicted octanol–water partition coefficient (Wildman–Crippen LogP) is -1.99. The van der Waals surface area contributed by atoms with Crippen molar-refractivity contribution in [3.05, 3.63) is 41.0 Å². The number of rotatable bonds is 8. The molecular weight excluding hydrogens is 648 g/mol. The Bertz CT molecular complexity index is 1520. The molecule has 3 heterocycles. The Hall–Kier alpha value is -3.37. The van der Waals surface area contributed by atoms with Crippen LogP contribution >= 0.6 is 0 Å².